The molecule has 4 nitrogen and oxygen atoms in total. The van der Waals surface area contributed by atoms with Gasteiger partial charge in [-0.3, -0.25) is 9.59 Å². The number of hydrogen-bond acceptors (Lipinski definition) is 3. The number of piperidine rings is 1. The maximum Gasteiger partial charge on any atom is 0.282 e. The molecular formula is C22H18Cl2F2N2O2. The van der Waals surface area contributed by atoms with Gasteiger partial charge in [0, 0.05) is 29.7 Å². The highest BCUT2D eigenvalue weighted by Gasteiger charge is 2.44. The Bertz CT molecular complexity index is 1080. The van der Waals surface area contributed by atoms with Gasteiger partial charge in [-0.05, 0) is 43.0 Å². The molecule has 0 aliphatic carbocycles. The van der Waals surface area contributed by atoms with Crippen LogP contribution in [0, 0.1) is 17.6 Å². The number of nitrogens with zero attached hydrogens (tertiary/aromatic N) is 2. The number of halogens is 4. The fourth-order valence-electron chi connectivity index (χ4n) is 3.86. The number of hydrogen-bond donors (Lipinski definition) is 0. The van der Waals surface area contributed by atoms with Gasteiger partial charge in [-0.25, -0.2) is 13.7 Å². The molecule has 4 rings (SSSR count). The first-order valence-corrected chi connectivity index (χ1v) is 10.3. The molecule has 156 valence electrons. The van der Waals surface area contributed by atoms with E-state index in [1.165, 1.54) is 6.07 Å². The Morgan fingerprint density at radius 2 is 1.67 bits per heavy atom. The summed E-state index contributed by atoms with van der Waals surface area (Å²) in [5.74, 6) is -2.65. The van der Waals surface area contributed by atoms with Gasteiger partial charge in [0.05, 0.1) is 16.3 Å². The molecule has 2 heterocycles. The van der Waals surface area contributed by atoms with Crippen molar-refractivity contribution >= 4 is 46.3 Å². The highest BCUT2D eigenvalue weighted by Crippen LogP contribution is 2.39. The second-order valence-electron chi connectivity index (χ2n) is 7.56. The Hall–Kier alpha value is -2.44. The van der Waals surface area contributed by atoms with Crippen LogP contribution in [0.25, 0.3) is 5.57 Å². The second kappa shape index (κ2) is 8.00. The maximum absolute atomic E-state index is 14.5. The third-order valence-corrected chi connectivity index (χ3v) is 6.06. The van der Waals surface area contributed by atoms with E-state index in [4.69, 9.17) is 23.2 Å². The van der Waals surface area contributed by atoms with Crippen molar-refractivity contribution in [2.75, 3.05) is 18.0 Å². The van der Waals surface area contributed by atoms with Crippen LogP contribution in [0.1, 0.15) is 25.3 Å². The summed E-state index contributed by atoms with van der Waals surface area (Å²) >= 11 is 12.3. The predicted octanol–water partition coefficient (Wildman–Crippen LogP) is 5.29. The molecule has 0 aromatic heterocycles. The van der Waals surface area contributed by atoms with Crippen LogP contribution in [-0.4, -0.2) is 29.8 Å². The van der Waals surface area contributed by atoms with Crippen molar-refractivity contribution in [3.05, 3.63) is 69.3 Å². The quantitative estimate of drug-likeness (QED) is 0.596. The number of imide groups is 1. The largest absolute Gasteiger partial charge is 0.366 e. The highest BCUT2D eigenvalue weighted by atomic mass is 35.5. The van der Waals surface area contributed by atoms with Crippen LogP contribution in [0.5, 0.6) is 0 Å². The molecule has 30 heavy (non-hydrogen) atoms. The van der Waals surface area contributed by atoms with Crippen LogP contribution in [0.4, 0.5) is 14.5 Å². The highest BCUT2D eigenvalue weighted by molar-refractivity contribution is 6.47. The number of amides is 2. The van der Waals surface area contributed by atoms with E-state index in [2.05, 4.69) is 6.92 Å². The fraction of sp³-hybridized carbons (Fsp3) is 0.273. The third kappa shape index (κ3) is 3.59. The summed E-state index contributed by atoms with van der Waals surface area (Å²) in [6.07, 6.45) is 1.72. The van der Waals surface area contributed by atoms with Crippen molar-refractivity contribution < 1.29 is 18.4 Å². The predicted molar refractivity (Wildman–Crippen MR) is 112 cm³/mol. The van der Waals surface area contributed by atoms with Crippen molar-refractivity contribution in [3.8, 4) is 0 Å². The molecular weight excluding hydrogens is 433 g/mol. The minimum absolute atomic E-state index is 0.0972. The zero-order valence-corrected chi connectivity index (χ0v) is 17.6. The summed E-state index contributed by atoms with van der Waals surface area (Å²) in [7, 11) is 0. The Labute approximate surface area is 182 Å². The molecule has 0 radical (unpaired) electrons. The monoisotopic (exact) mass is 450 g/mol. The number of carbonyl (C=O) groups excluding carboxylic acids is 2. The number of benzene rings is 2. The molecule has 2 aromatic carbocycles. The van der Waals surface area contributed by atoms with E-state index in [1.807, 2.05) is 4.90 Å². The molecule has 1 fully saturated rings. The molecule has 2 aromatic rings. The minimum atomic E-state index is -0.994. The van der Waals surface area contributed by atoms with Gasteiger partial charge in [0.15, 0.2) is 0 Å². The molecule has 0 spiro atoms. The van der Waals surface area contributed by atoms with E-state index >= 15 is 0 Å². The zero-order valence-electron chi connectivity index (χ0n) is 16.1. The molecule has 0 saturated carbocycles. The van der Waals surface area contributed by atoms with E-state index in [0.717, 1.165) is 29.9 Å². The normalized spacial score (nSPS) is 18.0. The Morgan fingerprint density at radius 3 is 2.30 bits per heavy atom. The van der Waals surface area contributed by atoms with Gasteiger partial charge >= 0.3 is 0 Å². The van der Waals surface area contributed by atoms with Gasteiger partial charge in [0.1, 0.15) is 17.3 Å². The fourth-order valence-corrected chi connectivity index (χ4v) is 4.36. The van der Waals surface area contributed by atoms with Crippen molar-refractivity contribution in [1.82, 2.24) is 4.90 Å². The Balaban J connectivity index is 1.86. The van der Waals surface area contributed by atoms with Crippen LogP contribution in [0.3, 0.4) is 0 Å². The van der Waals surface area contributed by atoms with Crippen molar-refractivity contribution in [3.63, 3.8) is 0 Å². The van der Waals surface area contributed by atoms with Gasteiger partial charge in [0.25, 0.3) is 11.8 Å². The lowest BCUT2D eigenvalue weighted by Gasteiger charge is -2.32. The van der Waals surface area contributed by atoms with E-state index in [9.17, 15) is 18.4 Å². The molecule has 0 atom stereocenters. The van der Waals surface area contributed by atoms with Crippen molar-refractivity contribution in [2.45, 2.75) is 19.8 Å². The molecule has 2 amide bonds. The number of carbonyl (C=O) groups is 2. The lowest BCUT2D eigenvalue weighted by Crippen LogP contribution is -2.38. The molecule has 2 aliphatic heterocycles. The van der Waals surface area contributed by atoms with Crippen LogP contribution in [0.2, 0.25) is 10.0 Å². The van der Waals surface area contributed by atoms with E-state index in [-0.39, 0.29) is 22.0 Å². The van der Waals surface area contributed by atoms with Crippen LogP contribution in [-0.2, 0) is 9.59 Å². The van der Waals surface area contributed by atoms with Crippen LogP contribution >= 0.6 is 23.2 Å². The lowest BCUT2D eigenvalue weighted by molar-refractivity contribution is -0.120. The molecule has 8 heteroatoms. The van der Waals surface area contributed by atoms with Crippen LogP contribution < -0.4 is 4.90 Å². The smallest absolute Gasteiger partial charge is 0.282 e. The first-order valence-electron chi connectivity index (χ1n) is 9.56. The topological polar surface area (TPSA) is 40.6 Å². The first-order chi connectivity index (χ1) is 14.3. The number of anilines is 1. The molecule has 0 N–H and O–H groups in total. The Morgan fingerprint density at radius 1 is 0.967 bits per heavy atom. The number of likely N-dealkylation sites (tertiary alicyclic amines) is 1. The molecule has 1 saturated heterocycles. The van der Waals surface area contributed by atoms with Gasteiger partial charge in [-0.15, -0.1) is 0 Å². The summed E-state index contributed by atoms with van der Waals surface area (Å²) in [5, 5.41) is 0.596. The van der Waals surface area contributed by atoms with E-state index in [1.54, 1.807) is 12.1 Å². The average Bonchev–Trinajstić information content (AvgIpc) is 2.93. The summed E-state index contributed by atoms with van der Waals surface area (Å²) in [6.45, 7) is 3.30. The van der Waals surface area contributed by atoms with Gasteiger partial charge in [0.2, 0.25) is 0 Å². The van der Waals surface area contributed by atoms with E-state index < -0.39 is 23.4 Å². The van der Waals surface area contributed by atoms with Crippen LogP contribution in [0.15, 0.2) is 42.1 Å². The summed E-state index contributed by atoms with van der Waals surface area (Å²) < 4.78 is 27.9. The molecule has 0 unspecified atom stereocenters. The second-order valence-corrected chi connectivity index (χ2v) is 8.40. The summed E-state index contributed by atoms with van der Waals surface area (Å²) in [5.41, 5.74) is 0.326. The SMILES string of the molecule is CC1CCN(C2=C(c3ccc(Cl)cc3Cl)C(=O)N(c3ccc(F)cc3F)C2=O)CC1. The lowest BCUT2D eigenvalue weighted by atomic mass is 9.97. The average molecular weight is 451 g/mol. The summed E-state index contributed by atoms with van der Waals surface area (Å²) in [4.78, 5) is 29.4. The van der Waals surface area contributed by atoms with Gasteiger partial charge < -0.3 is 4.90 Å². The first kappa shape index (κ1) is 20.8. The Kier molecular flexibility index (Phi) is 5.55. The van der Waals surface area contributed by atoms with Gasteiger partial charge in [-0.2, -0.15) is 0 Å². The molecule has 2 aliphatic rings. The molecule has 0 bridgehead atoms. The minimum Gasteiger partial charge on any atom is -0.366 e. The zero-order chi connectivity index (χ0) is 21.6. The van der Waals surface area contributed by atoms with Crippen molar-refractivity contribution in [2.24, 2.45) is 5.92 Å². The van der Waals surface area contributed by atoms with Gasteiger partial charge in [-0.1, -0.05) is 36.2 Å². The van der Waals surface area contributed by atoms with E-state index in [0.29, 0.717) is 35.7 Å². The number of rotatable bonds is 3. The summed E-state index contributed by atoms with van der Waals surface area (Å²) in [6, 6.07) is 7.37. The maximum atomic E-state index is 14.5. The van der Waals surface area contributed by atoms with Crippen molar-refractivity contribution in [1.29, 1.82) is 0 Å². The standard InChI is InChI=1S/C22H18Cl2F2N2O2/c1-12-6-8-27(9-7-12)20-19(15-4-2-13(23)10-16(15)24)21(29)28(22(20)30)18-5-3-14(25)11-17(18)26/h2-5,10-12H,6-9H2,1H3. The third-order valence-electron chi connectivity index (χ3n) is 5.51.